The van der Waals surface area contributed by atoms with E-state index < -0.39 is 6.03 Å². The molecule has 0 saturated heterocycles. The Morgan fingerprint density at radius 1 is 1.88 bits per heavy atom. The number of hydroxylamine groups is 1. The summed E-state index contributed by atoms with van der Waals surface area (Å²) in [7, 11) is 0. The van der Waals surface area contributed by atoms with Crippen molar-refractivity contribution in [3.63, 3.8) is 0 Å². The Kier molecular flexibility index (Phi) is 2.35. The van der Waals surface area contributed by atoms with Crippen molar-refractivity contribution in [3.8, 4) is 0 Å². The Bertz CT molecular complexity index is 103. The Balaban J connectivity index is 3.46. The molecule has 0 aliphatic heterocycles. The van der Waals surface area contributed by atoms with E-state index in [1.54, 1.807) is 5.43 Å². The third kappa shape index (κ3) is 1.98. The van der Waals surface area contributed by atoms with Crippen molar-refractivity contribution >= 4 is 12.4 Å². The van der Waals surface area contributed by atoms with Gasteiger partial charge in [0.05, 0.1) is 0 Å². The van der Waals surface area contributed by atoms with Crippen molar-refractivity contribution in [3.05, 3.63) is 0 Å². The number of carbonyl (C=O) groups excluding carboxylic acids is 2. The summed E-state index contributed by atoms with van der Waals surface area (Å²) in [6.07, 6.45) is 0.116. The monoisotopic (exact) mass is 119 g/mol. The average Bonchev–Trinajstić information content (AvgIpc) is 1.67. The number of hydrogen-bond donors (Lipinski definition) is 3. The molecule has 3 amide bonds. The van der Waals surface area contributed by atoms with Gasteiger partial charge in [0.2, 0.25) is 6.41 Å². The quantitative estimate of drug-likeness (QED) is 0.232. The van der Waals surface area contributed by atoms with Crippen LogP contribution in [-0.2, 0) is 4.79 Å². The number of hydrazine groups is 1. The van der Waals surface area contributed by atoms with E-state index in [2.05, 4.69) is 5.73 Å². The molecule has 0 aromatic carbocycles. The zero-order valence-electron chi connectivity index (χ0n) is 3.87. The fraction of sp³-hybridized carbons (Fsp3) is 0. The highest BCUT2D eigenvalue weighted by Gasteiger charge is 1.99. The zero-order valence-corrected chi connectivity index (χ0v) is 3.87. The largest absolute Gasteiger partial charge is 0.358 e. The van der Waals surface area contributed by atoms with Gasteiger partial charge in [0.25, 0.3) is 0 Å². The van der Waals surface area contributed by atoms with Gasteiger partial charge in [-0.15, -0.1) is 5.17 Å². The molecule has 0 saturated carbocycles. The summed E-state index contributed by atoms with van der Waals surface area (Å²) in [6.45, 7) is 0. The molecule has 0 spiro atoms. The van der Waals surface area contributed by atoms with Crippen LogP contribution in [0.15, 0.2) is 0 Å². The molecule has 4 N–H and O–H groups in total. The molecule has 46 valence electrons. The standard InChI is InChI=1S/C2H5N3O3/c3-2(7)5(8)4-1-6/h1,8H,(H2,3,7)(H,4,6). The van der Waals surface area contributed by atoms with Gasteiger partial charge < -0.3 is 5.73 Å². The minimum absolute atomic E-state index is 0.116. The fourth-order valence-corrected chi connectivity index (χ4v) is 0.114. The smallest absolute Gasteiger partial charge is 0.348 e. The van der Waals surface area contributed by atoms with Gasteiger partial charge in [0.1, 0.15) is 0 Å². The molecule has 8 heavy (non-hydrogen) atoms. The first-order chi connectivity index (χ1) is 3.68. The molecule has 0 atom stereocenters. The van der Waals surface area contributed by atoms with Crippen LogP contribution in [0.4, 0.5) is 4.79 Å². The van der Waals surface area contributed by atoms with Crippen molar-refractivity contribution in [2.24, 2.45) is 5.73 Å². The molecular formula is C2H5N3O3. The van der Waals surface area contributed by atoms with E-state index in [9.17, 15) is 9.59 Å². The maximum atomic E-state index is 9.77. The Morgan fingerprint density at radius 2 is 2.38 bits per heavy atom. The SMILES string of the molecule is NC(=O)N(O)NC=O. The third-order valence-corrected chi connectivity index (χ3v) is 0.384. The topological polar surface area (TPSA) is 95.7 Å². The summed E-state index contributed by atoms with van der Waals surface area (Å²) in [5.74, 6) is 0. The number of primary amides is 1. The van der Waals surface area contributed by atoms with Gasteiger partial charge in [0, 0.05) is 0 Å². The highest BCUT2D eigenvalue weighted by Crippen LogP contribution is 1.66. The molecule has 0 heterocycles. The van der Waals surface area contributed by atoms with Crippen LogP contribution in [0.1, 0.15) is 0 Å². The molecule has 0 aromatic rings. The number of urea groups is 1. The van der Waals surface area contributed by atoms with E-state index in [-0.39, 0.29) is 11.6 Å². The van der Waals surface area contributed by atoms with Crippen molar-refractivity contribution in [1.29, 1.82) is 0 Å². The first kappa shape index (κ1) is 6.70. The third-order valence-electron chi connectivity index (χ3n) is 0.384. The van der Waals surface area contributed by atoms with E-state index >= 15 is 0 Å². The molecule has 0 bridgehead atoms. The van der Waals surface area contributed by atoms with Crippen LogP contribution in [0.3, 0.4) is 0 Å². The van der Waals surface area contributed by atoms with Gasteiger partial charge in [-0.3, -0.25) is 10.0 Å². The Hall–Kier alpha value is -1.30. The lowest BCUT2D eigenvalue weighted by Gasteiger charge is -2.06. The summed E-state index contributed by atoms with van der Waals surface area (Å²) in [6, 6.07) is -1.14. The molecule has 6 nitrogen and oxygen atoms in total. The van der Waals surface area contributed by atoms with Crippen LogP contribution < -0.4 is 11.2 Å². The van der Waals surface area contributed by atoms with Gasteiger partial charge in [0.15, 0.2) is 0 Å². The first-order valence-corrected chi connectivity index (χ1v) is 1.66. The lowest BCUT2D eigenvalue weighted by atomic mass is 11.1. The normalized spacial score (nSPS) is 7.62. The summed E-state index contributed by atoms with van der Waals surface area (Å²) >= 11 is 0. The average molecular weight is 119 g/mol. The number of nitrogens with zero attached hydrogens (tertiary/aromatic N) is 1. The van der Waals surface area contributed by atoms with Crippen molar-refractivity contribution in [2.75, 3.05) is 0 Å². The lowest BCUT2D eigenvalue weighted by Crippen LogP contribution is -2.42. The van der Waals surface area contributed by atoms with E-state index in [4.69, 9.17) is 5.21 Å². The number of hydrogen-bond acceptors (Lipinski definition) is 3. The highest BCUT2D eigenvalue weighted by molar-refractivity contribution is 5.71. The van der Waals surface area contributed by atoms with Crippen LogP contribution in [-0.4, -0.2) is 22.8 Å². The van der Waals surface area contributed by atoms with Crippen LogP contribution in [0.2, 0.25) is 0 Å². The summed E-state index contributed by atoms with van der Waals surface area (Å²) in [4.78, 5) is 19.2. The second kappa shape index (κ2) is 2.80. The van der Waals surface area contributed by atoms with Crippen molar-refractivity contribution in [1.82, 2.24) is 10.6 Å². The molecule has 0 aliphatic carbocycles. The van der Waals surface area contributed by atoms with Crippen LogP contribution in [0.5, 0.6) is 0 Å². The van der Waals surface area contributed by atoms with E-state index in [0.717, 1.165) is 0 Å². The summed E-state index contributed by atoms with van der Waals surface area (Å²) in [5.41, 5.74) is 6.02. The van der Waals surface area contributed by atoms with Crippen molar-refractivity contribution in [2.45, 2.75) is 0 Å². The molecule has 0 rings (SSSR count). The van der Waals surface area contributed by atoms with Gasteiger partial charge in [-0.1, -0.05) is 0 Å². The van der Waals surface area contributed by atoms with Gasteiger partial charge in [-0.2, -0.15) is 0 Å². The van der Waals surface area contributed by atoms with E-state index in [1.165, 1.54) is 0 Å². The highest BCUT2D eigenvalue weighted by atomic mass is 16.6. The maximum Gasteiger partial charge on any atom is 0.358 e. The van der Waals surface area contributed by atoms with Gasteiger partial charge >= 0.3 is 6.03 Å². The van der Waals surface area contributed by atoms with E-state index in [1.807, 2.05) is 0 Å². The fourth-order valence-electron chi connectivity index (χ4n) is 0.114. The van der Waals surface area contributed by atoms with Crippen molar-refractivity contribution < 1.29 is 14.8 Å². The number of rotatable bonds is 2. The predicted octanol–water partition coefficient (Wildman–Crippen LogP) is -1.58. The summed E-state index contributed by atoms with van der Waals surface area (Å²) < 4.78 is 0. The lowest BCUT2D eigenvalue weighted by molar-refractivity contribution is -0.130. The van der Waals surface area contributed by atoms with Gasteiger partial charge in [-0.05, 0) is 0 Å². The van der Waals surface area contributed by atoms with E-state index in [0.29, 0.717) is 0 Å². The van der Waals surface area contributed by atoms with Crippen LogP contribution in [0.25, 0.3) is 0 Å². The number of nitrogens with one attached hydrogen (secondary N) is 1. The molecule has 0 fully saturated rings. The number of carbonyl (C=O) groups is 2. The molecule has 0 unspecified atom stereocenters. The summed E-state index contributed by atoms with van der Waals surface area (Å²) in [5, 5.41) is 8.01. The first-order valence-electron chi connectivity index (χ1n) is 1.66. The van der Waals surface area contributed by atoms with Crippen LogP contribution >= 0.6 is 0 Å². The minimum atomic E-state index is -1.14. The van der Waals surface area contributed by atoms with Gasteiger partial charge in [-0.25, -0.2) is 10.2 Å². The molecular weight excluding hydrogens is 114 g/mol. The number of amides is 3. The zero-order chi connectivity index (χ0) is 6.57. The molecule has 0 radical (unpaired) electrons. The Morgan fingerprint density at radius 3 is 2.50 bits per heavy atom. The van der Waals surface area contributed by atoms with Crippen LogP contribution in [0, 0.1) is 0 Å². The maximum absolute atomic E-state index is 9.77. The predicted molar refractivity (Wildman–Crippen MR) is 22.4 cm³/mol. The number of nitrogens with two attached hydrogens (primary N) is 1. The molecule has 0 aromatic heterocycles. The second-order valence-electron chi connectivity index (χ2n) is 0.897. The Labute approximate surface area is 44.8 Å². The second-order valence-corrected chi connectivity index (χ2v) is 0.897. The molecule has 0 aliphatic rings. The minimum Gasteiger partial charge on any atom is -0.348 e. The molecule has 6 heteroatoms.